The van der Waals surface area contributed by atoms with Crippen molar-refractivity contribution < 1.29 is 18.0 Å². The first-order valence-corrected chi connectivity index (χ1v) is 16.0. The van der Waals surface area contributed by atoms with Crippen molar-refractivity contribution in [3.8, 4) is 0 Å². The minimum Gasteiger partial charge on any atom is -0.354 e. The molecular formula is C33H43N3O4S. The summed E-state index contributed by atoms with van der Waals surface area (Å²) in [6, 6.07) is 24.2. The normalized spacial score (nSPS) is 12.1. The molecule has 0 aliphatic heterocycles. The van der Waals surface area contributed by atoms with Crippen molar-refractivity contribution in [2.75, 3.05) is 23.7 Å². The molecule has 0 aliphatic carbocycles. The second-order valence-electron chi connectivity index (χ2n) is 11.1. The van der Waals surface area contributed by atoms with E-state index in [1.807, 2.05) is 94.4 Å². The van der Waals surface area contributed by atoms with E-state index in [0.29, 0.717) is 25.1 Å². The Balaban J connectivity index is 1.87. The Hall–Kier alpha value is -3.65. The summed E-state index contributed by atoms with van der Waals surface area (Å²) in [6.07, 6.45) is 1.97. The molecule has 1 N–H and O–H groups in total. The quantitative estimate of drug-likeness (QED) is 0.283. The highest BCUT2D eigenvalue weighted by atomic mass is 32.2. The Kier molecular flexibility index (Phi) is 11.5. The summed E-state index contributed by atoms with van der Waals surface area (Å²) in [5.41, 5.74) is 4.60. The lowest BCUT2D eigenvalue weighted by molar-refractivity contribution is -0.141. The van der Waals surface area contributed by atoms with Crippen molar-refractivity contribution in [1.29, 1.82) is 0 Å². The zero-order valence-corrected chi connectivity index (χ0v) is 25.7. The van der Waals surface area contributed by atoms with Crippen molar-refractivity contribution in [3.05, 3.63) is 101 Å². The number of sulfonamides is 1. The van der Waals surface area contributed by atoms with Gasteiger partial charge in [-0.1, -0.05) is 91.7 Å². The minimum absolute atomic E-state index is 0.104. The molecule has 1 atom stereocenters. The lowest BCUT2D eigenvalue weighted by Gasteiger charge is -2.32. The van der Waals surface area contributed by atoms with Gasteiger partial charge >= 0.3 is 0 Å². The van der Waals surface area contributed by atoms with Gasteiger partial charge in [-0.2, -0.15) is 0 Å². The molecule has 0 unspecified atom stereocenters. The van der Waals surface area contributed by atoms with Crippen LogP contribution in [0.25, 0.3) is 0 Å². The Bertz CT molecular complexity index is 1370. The highest BCUT2D eigenvalue weighted by Gasteiger charge is 2.30. The smallest absolute Gasteiger partial charge is 0.243 e. The average Bonchev–Trinajstić information content (AvgIpc) is 2.93. The molecule has 0 saturated heterocycles. The summed E-state index contributed by atoms with van der Waals surface area (Å²) >= 11 is 0. The average molecular weight is 578 g/mol. The number of carbonyl (C=O) groups is 2. The Morgan fingerprint density at radius 1 is 0.829 bits per heavy atom. The van der Waals surface area contributed by atoms with E-state index < -0.39 is 16.1 Å². The fraction of sp³-hybridized carbons (Fsp3) is 0.394. The number of amides is 2. The molecule has 8 heteroatoms. The molecule has 0 bridgehead atoms. The third-order valence-corrected chi connectivity index (χ3v) is 8.10. The number of aryl methyl sites for hydroxylation is 2. The number of hydrogen-bond acceptors (Lipinski definition) is 4. The van der Waals surface area contributed by atoms with Crippen LogP contribution in [-0.2, 0) is 32.6 Å². The predicted molar refractivity (Wildman–Crippen MR) is 166 cm³/mol. The van der Waals surface area contributed by atoms with Crippen LogP contribution in [0.3, 0.4) is 0 Å². The molecule has 2 amide bonds. The number of anilines is 1. The second kappa shape index (κ2) is 14.8. The van der Waals surface area contributed by atoms with Crippen LogP contribution in [-0.4, -0.2) is 50.5 Å². The van der Waals surface area contributed by atoms with E-state index in [1.54, 1.807) is 17.0 Å². The number of hydrogen-bond donors (Lipinski definition) is 1. The van der Waals surface area contributed by atoms with Gasteiger partial charge in [0, 0.05) is 32.5 Å². The molecule has 3 rings (SSSR count). The zero-order chi connectivity index (χ0) is 30.0. The van der Waals surface area contributed by atoms with Gasteiger partial charge in [-0.25, -0.2) is 8.42 Å². The highest BCUT2D eigenvalue weighted by Crippen LogP contribution is 2.21. The van der Waals surface area contributed by atoms with Crippen LogP contribution >= 0.6 is 0 Å². The summed E-state index contributed by atoms with van der Waals surface area (Å²) in [5.74, 6) is -0.120. The van der Waals surface area contributed by atoms with Gasteiger partial charge in [-0.05, 0) is 49.4 Å². The molecule has 7 nitrogen and oxygen atoms in total. The van der Waals surface area contributed by atoms with Crippen molar-refractivity contribution in [1.82, 2.24) is 10.2 Å². The maximum absolute atomic E-state index is 13.9. The van der Waals surface area contributed by atoms with Gasteiger partial charge in [0.1, 0.15) is 6.04 Å². The molecule has 0 fully saturated rings. The van der Waals surface area contributed by atoms with Crippen molar-refractivity contribution in [3.63, 3.8) is 0 Å². The van der Waals surface area contributed by atoms with E-state index in [-0.39, 0.29) is 37.2 Å². The third kappa shape index (κ3) is 10.0. The first-order valence-electron chi connectivity index (χ1n) is 14.1. The molecule has 3 aromatic rings. The summed E-state index contributed by atoms with van der Waals surface area (Å²) < 4.78 is 26.5. The molecule has 0 saturated carbocycles. The summed E-state index contributed by atoms with van der Waals surface area (Å²) in [7, 11) is -3.54. The van der Waals surface area contributed by atoms with Crippen LogP contribution in [0.4, 0.5) is 5.69 Å². The van der Waals surface area contributed by atoms with Crippen molar-refractivity contribution >= 4 is 27.5 Å². The first kappa shape index (κ1) is 31.9. The van der Waals surface area contributed by atoms with Gasteiger partial charge < -0.3 is 10.2 Å². The maximum Gasteiger partial charge on any atom is 0.243 e. The zero-order valence-electron chi connectivity index (χ0n) is 24.8. The molecule has 0 aromatic heterocycles. The number of nitrogens with one attached hydrogen (secondary N) is 1. The topological polar surface area (TPSA) is 86.8 Å². The molecule has 0 aliphatic rings. The SMILES string of the molecule is Cc1ccc(CN(C(=O)CCCN(c2ccc(C)cc2)S(C)(=O)=O)[C@H](Cc2ccccc2)C(=O)NCC(C)C)cc1. The van der Waals surface area contributed by atoms with Crippen LogP contribution in [0, 0.1) is 19.8 Å². The van der Waals surface area contributed by atoms with E-state index in [0.717, 1.165) is 22.3 Å². The van der Waals surface area contributed by atoms with Gasteiger partial charge in [0.15, 0.2) is 0 Å². The molecule has 0 radical (unpaired) electrons. The second-order valence-corrected chi connectivity index (χ2v) is 13.0. The van der Waals surface area contributed by atoms with Crippen LogP contribution in [0.1, 0.15) is 48.9 Å². The van der Waals surface area contributed by atoms with E-state index in [2.05, 4.69) is 5.32 Å². The monoisotopic (exact) mass is 577 g/mol. The summed E-state index contributed by atoms with van der Waals surface area (Å²) in [4.78, 5) is 29.1. The highest BCUT2D eigenvalue weighted by molar-refractivity contribution is 7.92. The van der Waals surface area contributed by atoms with Gasteiger partial charge in [0.05, 0.1) is 11.9 Å². The number of benzene rings is 3. The van der Waals surface area contributed by atoms with E-state index >= 15 is 0 Å². The Labute approximate surface area is 245 Å². The number of carbonyl (C=O) groups excluding carboxylic acids is 2. The fourth-order valence-electron chi connectivity index (χ4n) is 4.58. The lowest BCUT2D eigenvalue weighted by atomic mass is 10.0. The van der Waals surface area contributed by atoms with Crippen LogP contribution < -0.4 is 9.62 Å². The maximum atomic E-state index is 13.9. The van der Waals surface area contributed by atoms with Crippen molar-refractivity contribution in [2.24, 2.45) is 5.92 Å². The van der Waals surface area contributed by atoms with Gasteiger partial charge in [0.2, 0.25) is 21.8 Å². The van der Waals surface area contributed by atoms with E-state index in [4.69, 9.17) is 0 Å². The van der Waals surface area contributed by atoms with Crippen molar-refractivity contribution in [2.45, 2.75) is 59.5 Å². The Morgan fingerprint density at radius 3 is 1.98 bits per heavy atom. The number of rotatable bonds is 14. The molecule has 41 heavy (non-hydrogen) atoms. The summed E-state index contributed by atoms with van der Waals surface area (Å²) in [5, 5.41) is 3.03. The van der Waals surface area contributed by atoms with Gasteiger partial charge in [0.25, 0.3) is 0 Å². The molecule has 0 spiro atoms. The van der Waals surface area contributed by atoms with Crippen LogP contribution in [0.2, 0.25) is 0 Å². The van der Waals surface area contributed by atoms with Gasteiger partial charge in [-0.3, -0.25) is 13.9 Å². The molecule has 3 aromatic carbocycles. The summed E-state index contributed by atoms with van der Waals surface area (Å²) in [6.45, 7) is 8.96. The fourth-order valence-corrected chi connectivity index (χ4v) is 5.55. The minimum atomic E-state index is -3.54. The first-order chi connectivity index (χ1) is 19.4. The van der Waals surface area contributed by atoms with E-state index in [1.165, 1.54) is 10.6 Å². The third-order valence-electron chi connectivity index (χ3n) is 6.90. The van der Waals surface area contributed by atoms with Crippen LogP contribution in [0.15, 0.2) is 78.9 Å². The molecule has 0 heterocycles. The standard InChI is InChI=1S/C33H43N3O4S/c1-25(2)23-34-33(38)31(22-28-10-7-6-8-11-28)35(24-29-17-13-26(3)14-18-29)32(37)12-9-21-36(41(5,39)40)30-19-15-27(4)16-20-30/h6-8,10-11,13-20,25,31H,9,12,21-24H2,1-5H3,(H,34,38)/t31-/m1/s1. The van der Waals surface area contributed by atoms with Crippen LogP contribution in [0.5, 0.6) is 0 Å². The lowest BCUT2D eigenvalue weighted by Crippen LogP contribution is -2.51. The van der Waals surface area contributed by atoms with E-state index in [9.17, 15) is 18.0 Å². The predicted octanol–water partition coefficient (Wildman–Crippen LogP) is 5.26. The molecular weight excluding hydrogens is 534 g/mol. The Morgan fingerprint density at radius 2 is 1.41 bits per heavy atom. The molecule has 220 valence electrons. The largest absolute Gasteiger partial charge is 0.354 e. The number of nitrogens with zero attached hydrogens (tertiary/aromatic N) is 2. The van der Waals surface area contributed by atoms with Gasteiger partial charge in [-0.15, -0.1) is 0 Å².